The molecule has 14 heavy (non-hydrogen) atoms. The highest BCUT2D eigenvalue weighted by Crippen LogP contribution is 2.15. The standard InChI is InChI=1S/C10H22N2S.ClH/c1-2-13-8-7-12-5-3-10(9-11)4-6-12;/h10H,2-9,11H2,1H3;1H. The SMILES string of the molecule is CCSCCN1CCC(CN)CC1.Cl. The summed E-state index contributed by atoms with van der Waals surface area (Å²) < 4.78 is 0. The molecule has 0 aliphatic carbocycles. The lowest BCUT2D eigenvalue weighted by Gasteiger charge is -2.31. The van der Waals surface area contributed by atoms with Gasteiger partial charge in [-0.05, 0) is 44.1 Å². The number of rotatable bonds is 5. The molecule has 0 unspecified atom stereocenters. The molecule has 4 heteroatoms. The van der Waals surface area contributed by atoms with Gasteiger partial charge in [-0.15, -0.1) is 12.4 Å². The largest absolute Gasteiger partial charge is 0.330 e. The molecule has 1 saturated heterocycles. The van der Waals surface area contributed by atoms with Gasteiger partial charge in [0.05, 0.1) is 0 Å². The molecule has 0 radical (unpaired) electrons. The van der Waals surface area contributed by atoms with Gasteiger partial charge in [-0.2, -0.15) is 11.8 Å². The van der Waals surface area contributed by atoms with Crippen molar-refractivity contribution in [1.82, 2.24) is 4.90 Å². The van der Waals surface area contributed by atoms with Crippen molar-refractivity contribution < 1.29 is 0 Å². The second-order valence-electron chi connectivity index (χ2n) is 3.72. The van der Waals surface area contributed by atoms with Crippen molar-refractivity contribution in [3.63, 3.8) is 0 Å². The van der Waals surface area contributed by atoms with Gasteiger partial charge in [-0.1, -0.05) is 6.92 Å². The van der Waals surface area contributed by atoms with Gasteiger partial charge < -0.3 is 10.6 Å². The Bertz CT molecular complexity index is 125. The molecule has 0 amide bonds. The molecule has 0 aromatic heterocycles. The minimum absolute atomic E-state index is 0. The molecule has 1 aliphatic rings. The van der Waals surface area contributed by atoms with Crippen LogP contribution in [0, 0.1) is 5.92 Å². The number of thioether (sulfide) groups is 1. The molecule has 0 aromatic rings. The predicted molar refractivity (Wildman–Crippen MR) is 68.5 cm³/mol. The maximum Gasteiger partial charge on any atom is 0.00723 e. The van der Waals surface area contributed by atoms with Crippen LogP contribution in [0.25, 0.3) is 0 Å². The molecule has 0 saturated carbocycles. The quantitative estimate of drug-likeness (QED) is 0.742. The van der Waals surface area contributed by atoms with Crippen molar-refractivity contribution in [3.8, 4) is 0 Å². The molecule has 0 bridgehead atoms. The molecule has 2 nitrogen and oxygen atoms in total. The Morgan fingerprint density at radius 2 is 2.00 bits per heavy atom. The highest BCUT2D eigenvalue weighted by Gasteiger charge is 2.16. The zero-order valence-electron chi connectivity index (χ0n) is 9.08. The van der Waals surface area contributed by atoms with Gasteiger partial charge in [-0.3, -0.25) is 0 Å². The van der Waals surface area contributed by atoms with E-state index < -0.39 is 0 Å². The molecule has 1 heterocycles. The van der Waals surface area contributed by atoms with E-state index in [1.165, 1.54) is 44.0 Å². The highest BCUT2D eigenvalue weighted by atomic mass is 35.5. The number of likely N-dealkylation sites (tertiary alicyclic amines) is 1. The number of nitrogens with two attached hydrogens (primary N) is 1. The number of hydrogen-bond donors (Lipinski definition) is 1. The fourth-order valence-corrected chi connectivity index (χ4v) is 2.46. The average Bonchev–Trinajstić information content (AvgIpc) is 2.19. The van der Waals surface area contributed by atoms with E-state index in [1.54, 1.807) is 0 Å². The van der Waals surface area contributed by atoms with Gasteiger partial charge in [0.2, 0.25) is 0 Å². The van der Waals surface area contributed by atoms with Crippen LogP contribution in [-0.4, -0.2) is 42.6 Å². The van der Waals surface area contributed by atoms with E-state index in [0.717, 1.165) is 12.5 Å². The van der Waals surface area contributed by atoms with Crippen molar-refractivity contribution >= 4 is 24.2 Å². The van der Waals surface area contributed by atoms with Crippen LogP contribution >= 0.6 is 24.2 Å². The second kappa shape index (κ2) is 8.84. The smallest absolute Gasteiger partial charge is 0.00723 e. The van der Waals surface area contributed by atoms with Gasteiger partial charge >= 0.3 is 0 Å². The summed E-state index contributed by atoms with van der Waals surface area (Å²) in [5.74, 6) is 3.35. The summed E-state index contributed by atoms with van der Waals surface area (Å²) in [7, 11) is 0. The second-order valence-corrected chi connectivity index (χ2v) is 5.11. The van der Waals surface area contributed by atoms with Crippen LogP contribution in [0.15, 0.2) is 0 Å². The first kappa shape index (κ1) is 14.6. The zero-order chi connectivity index (χ0) is 9.52. The molecule has 2 N–H and O–H groups in total. The first-order valence-electron chi connectivity index (χ1n) is 5.37. The maximum atomic E-state index is 5.65. The van der Waals surface area contributed by atoms with Gasteiger partial charge in [-0.25, -0.2) is 0 Å². The predicted octanol–water partition coefficient (Wildman–Crippen LogP) is 1.83. The Balaban J connectivity index is 0.00000169. The first-order valence-corrected chi connectivity index (χ1v) is 6.52. The summed E-state index contributed by atoms with van der Waals surface area (Å²) in [6.45, 7) is 6.93. The van der Waals surface area contributed by atoms with Crippen molar-refractivity contribution in [2.45, 2.75) is 19.8 Å². The fraction of sp³-hybridized carbons (Fsp3) is 1.00. The van der Waals surface area contributed by atoms with Gasteiger partial charge in [0.25, 0.3) is 0 Å². The summed E-state index contributed by atoms with van der Waals surface area (Å²) in [5.41, 5.74) is 5.65. The van der Waals surface area contributed by atoms with Crippen molar-refractivity contribution in [2.24, 2.45) is 11.7 Å². The summed E-state index contributed by atoms with van der Waals surface area (Å²) in [6.07, 6.45) is 2.63. The molecular weight excluding hydrogens is 216 g/mol. The van der Waals surface area contributed by atoms with Crippen LogP contribution in [0.2, 0.25) is 0 Å². The van der Waals surface area contributed by atoms with E-state index in [4.69, 9.17) is 5.73 Å². The van der Waals surface area contributed by atoms with Gasteiger partial charge in [0.15, 0.2) is 0 Å². The Morgan fingerprint density at radius 1 is 1.36 bits per heavy atom. The zero-order valence-corrected chi connectivity index (χ0v) is 10.7. The Kier molecular flexibility index (Phi) is 9.19. The number of hydrogen-bond acceptors (Lipinski definition) is 3. The molecule has 86 valence electrons. The van der Waals surface area contributed by atoms with Crippen LogP contribution in [0.4, 0.5) is 0 Å². The van der Waals surface area contributed by atoms with E-state index in [-0.39, 0.29) is 12.4 Å². The van der Waals surface area contributed by atoms with Gasteiger partial charge in [0, 0.05) is 12.3 Å². The third kappa shape index (κ3) is 5.44. The monoisotopic (exact) mass is 238 g/mol. The lowest BCUT2D eigenvalue weighted by Crippen LogP contribution is -2.37. The fourth-order valence-electron chi connectivity index (χ4n) is 1.78. The molecule has 0 atom stereocenters. The molecule has 1 rings (SSSR count). The van der Waals surface area contributed by atoms with Crippen LogP contribution in [0.3, 0.4) is 0 Å². The third-order valence-corrected chi connectivity index (χ3v) is 3.68. The average molecular weight is 239 g/mol. The van der Waals surface area contributed by atoms with Crippen LogP contribution < -0.4 is 5.73 Å². The molecule has 0 aromatic carbocycles. The summed E-state index contributed by atoms with van der Waals surface area (Å²) in [6, 6.07) is 0. The minimum atomic E-state index is 0. The lowest BCUT2D eigenvalue weighted by molar-refractivity contribution is 0.197. The van der Waals surface area contributed by atoms with Crippen LogP contribution in [0.5, 0.6) is 0 Å². The van der Waals surface area contributed by atoms with E-state index >= 15 is 0 Å². The van der Waals surface area contributed by atoms with E-state index in [2.05, 4.69) is 11.8 Å². The molecule has 1 aliphatic heterocycles. The van der Waals surface area contributed by atoms with Gasteiger partial charge in [0.1, 0.15) is 0 Å². The summed E-state index contributed by atoms with van der Waals surface area (Å²) in [5, 5.41) is 0. The number of piperidine rings is 1. The Labute approximate surface area is 98.4 Å². The molecule has 0 spiro atoms. The van der Waals surface area contributed by atoms with Crippen LogP contribution in [0.1, 0.15) is 19.8 Å². The summed E-state index contributed by atoms with van der Waals surface area (Å²) in [4.78, 5) is 2.58. The lowest BCUT2D eigenvalue weighted by atomic mass is 9.97. The van der Waals surface area contributed by atoms with E-state index in [1.807, 2.05) is 11.8 Å². The maximum absolute atomic E-state index is 5.65. The normalized spacial score (nSPS) is 19.3. The highest BCUT2D eigenvalue weighted by molar-refractivity contribution is 7.99. The van der Waals surface area contributed by atoms with E-state index in [0.29, 0.717) is 0 Å². The van der Waals surface area contributed by atoms with Crippen molar-refractivity contribution in [1.29, 1.82) is 0 Å². The third-order valence-electron chi connectivity index (χ3n) is 2.80. The van der Waals surface area contributed by atoms with Crippen molar-refractivity contribution in [2.75, 3.05) is 37.7 Å². The molecule has 1 fully saturated rings. The van der Waals surface area contributed by atoms with Crippen molar-refractivity contribution in [3.05, 3.63) is 0 Å². The Hall–Kier alpha value is 0.560. The Morgan fingerprint density at radius 3 is 2.50 bits per heavy atom. The summed E-state index contributed by atoms with van der Waals surface area (Å²) >= 11 is 2.04. The van der Waals surface area contributed by atoms with Crippen LogP contribution in [-0.2, 0) is 0 Å². The topological polar surface area (TPSA) is 29.3 Å². The minimum Gasteiger partial charge on any atom is -0.330 e. The first-order chi connectivity index (χ1) is 6.36. The molecular formula is C10H23ClN2S. The number of halogens is 1. The van der Waals surface area contributed by atoms with E-state index in [9.17, 15) is 0 Å². The number of nitrogens with zero attached hydrogens (tertiary/aromatic N) is 1.